The highest BCUT2D eigenvalue weighted by Gasteiger charge is 2.12. The van der Waals surface area contributed by atoms with Crippen LogP contribution in [0, 0.1) is 0 Å². The van der Waals surface area contributed by atoms with Crippen molar-refractivity contribution >= 4 is 27.0 Å². The Balaban J connectivity index is 1.49. The molecule has 0 spiro atoms. The molecule has 4 rings (SSSR count). The molecule has 0 unspecified atom stereocenters. The van der Waals surface area contributed by atoms with Crippen LogP contribution in [0.4, 0.5) is 0 Å². The van der Waals surface area contributed by atoms with E-state index in [4.69, 9.17) is 0 Å². The van der Waals surface area contributed by atoms with Crippen molar-refractivity contribution in [3.8, 4) is 11.1 Å². The van der Waals surface area contributed by atoms with Gasteiger partial charge in [-0.2, -0.15) is 0 Å². The molecular formula is C20H18N4O3S. The van der Waals surface area contributed by atoms with Crippen LogP contribution in [0.3, 0.4) is 0 Å². The lowest BCUT2D eigenvalue weighted by Crippen LogP contribution is -2.23. The molecule has 2 N–H and O–H groups in total. The third-order valence-corrected chi connectivity index (χ3v) is 5.36. The second kappa shape index (κ2) is 6.97. The van der Waals surface area contributed by atoms with Crippen LogP contribution in [0.25, 0.3) is 22.2 Å². The maximum Gasteiger partial charge on any atom is 0.253 e. The average Bonchev–Trinajstić information content (AvgIpc) is 3.33. The Labute approximate surface area is 162 Å². The Morgan fingerprint density at radius 1 is 1.11 bits per heavy atom. The van der Waals surface area contributed by atoms with E-state index in [1.807, 2.05) is 48.5 Å². The van der Waals surface area contributed by atoms with E-state index >= 15 is 0 Å². The average molecular weight is 394 g/mol. The van der Waals surface area contributed by atoms with Crippen LogP contribution in [0.5, 0.6) is 0 Å². The van der Waals surface area contributed by atoms with E-state index in [1.54, 1.807) is 0 Å². The minimum atomic E-state index is -3.41. The number of fused-ring (bicyclic) bond motifs is 1. The largest absolute Gasteiger partial charge is 0.345 e. The summed E-state index contributed by atoms with van der Waals surface area (Å²) in [7, 11) is -3.41. The monoisotopic (exact) mass is 394 g/mol. The molecule has 28 heavy (non-hydrogen) atoms. The van der Waals surface area contributed by atoms with Gasteiger partial charge in [-0.1, -0.05) is 36.4 Å². The summed E-state index contributed by atoms with van der Waals surface area (Å²) in [5, 5.41) is 2.75. The van der Waals surface area contributed by atoms with Crippen molar-refractivity contribution in [3.63, 3.8) is 0 Å². The fraction of sp³-hybridized carbons (Fsp3) is 0.100. The van der Waals surface area contributed by atoms with Gasteiger partial charge < -0.3 is 10.3 Å². The molecule has 2 aromatic carbocycles. The lowest BCUT2D eigenvalue weighted by atomic mass is 10.1. The Bertz CT molecular complexity index is 1260. The number of benzene rings is 2. The van der Waals surface area contributed by atoms with Crippen molar-refractivity contribution in [2.24, 2.45) is 0 Å². The van der Waals surface area contributed by atoms with Gasteiger partial charge in [0.25, 0.3) is 5.91 Å². The van der Waals surface area contributed by atoms with Gasteiger partial charge in [0.2, 0.25) is 10.0 Å². The first-order valence-corrected chi connectivity index (χ1v) is 10.5. The van der Waals surface area contributed by atoms with E-state index in [0.717, 1.165) is 32.4 Å². The van der Waals surface area contributed by atoms with Gasteiger partial charge in [-0.25, -0.2) is 13.4 Å². The number of H-pyrrole nitrogens is 1. The second-order valence-corrected chi connectivity index (χ2v) is 8.34. The van der Waals surface area contributed by atoms with Gasteiger partial charge in [-0.15, -0.1) is 0 Å². The third-order valence-electron chi connectivity index (χ3n) is 4.37. The second-order valence-electron chi connectivity index (χ2n) is 6.46. The van der Waals surface area contributed by atoms with E-state index < -0.39 is 10.0 Å². The van der Waals surface area contributed by atoms with E-state index in [2.05, 4.69) is 15.3 Å². The summed E-state index contributed by atoms with van der Waals surface area (Å²) >= 11 is 0. The zero-order valence-electron chi connectivity index (χ0n) is 15.1. The molecule has 0 fully saturated rings. The molecule has 0 atom stereocenters. The number of amides is 1. The van der Waals surface area contributed by atoms with Crippen molar-refractivity contribution in [2.75, 3.05) is 6.26 Å². The number of aromatic nitrogens is 3. The predicted molar refractivity (Wildman–Crippen MR) is 107 cm³/mol. The highest BCUT2D eigenvalue weighted by molar-refractivity contribution is 7.89. The first-order valence-electron chi connectivity index (χ1n) is 8.61. The topological polar surface area (TPSA) is 96.8 Å². The Morgan fingerprint density at radius 2 is 1.89 bits per heavy atom. The van der Waals surface area contributed by atoms with Crippen molar-refractivity contribution in [1.82, 2.24) is 19.3 Å². The first kappa shape index (κ1) is 18.0. The molecule has 0 bridgehead atoms. The van der Waals surface area contributed by atoms with Gasteiger partial charge in [0.15, 0.2) is 0 Å². The smallest absolute Gasteiger partial charge is 0.253 e. The molecule has 1 amide bonds. The van der Waals surface area contributed by atoms with Crippen molar-refractivity contribution in [2.45, 2.75) is 6.54 Å². The SMILES string of the molecule is CS(=O)(=O)n1ccc(C(=O)NCc2nc3ccc(-c4ccccc4)cc3[nH]2)c1. The minimum absolute atomic E-state index is 0.207. The van der Waals surface area contributed by atoms with Crippen LogP contribution in [0.15, 0.2) is 67.0 Å². The number of nitrogens with zero attached hydrogens (tertiary/aromatic N) is 2. The molecule has 8 heteroatoms. The Morgan fingerprint density at radius 3 is 2.61 bits per heavy atom. The summed E-state index contributed by atoms with van der Waals surface area (Å²) in [6, 6.07) is 17.5. The standard InChI is InChI=1S/C20H18N4O3S/c1-28(26,27)24-10-9-16(13-24)20(25)21-12-19-22-17-8-7-15(11-18(17)23-19)14-5-3-2-4-6-14/h2-11,13H,12H2,1H3,(H,21,25)(H,22,23). The zero-order valence-corrected chi connectivity index (χ0v) is 15.9. The van der Waals surface area contributed by atoms with Gasteiger partial charge >= 0.3 is 0 Å². The highest BCUT2D eigenvalue weighted by atomic mass is 32.2. The summed E-state index contributed by atoms with van der Waals surface area (Å²) in [6.45, 7) is 0.207. The summed E-state index contributed by atoms with van der Waals surface area (Å²) in [4.78, 5) is 20.0. The number of rotatable bonds is 5. The minimum Gasteiger partial charge on any atom is -0.345 e. The predicted octanol–water partition coefficient (Wildman–Crippen LogP) is 2.77. The Hall–Kier alpha value is -3.39. The molecule has 0 saturated carbocycles. The van der Waals surface area contributed by atoms with E-state index in [-0.39, 0.29) is 18.0 Å². The summed E-state index contributed by atoms with van der Waals surface area (Å²) < 4.78 is 24.0. The lowest BCUT2D eigenvalue weighted by Gasteiger charge is -2.01. The van der Waals surface area contributed by atoms with Crippen molar-refractivity contribution < 1.29 is 13.2 Å². The molecule has 2 heterocycles. The van der Waals surface area contributed by atoms with E-state index in [9.17, 15) is 13.2 Å². The molecule has 142 valence electrons. The van der Waals surface area contributed by atoms with Crippen LogP contribution in [-0.4, -0.2) is 34.5 Å². The lowest BCUT2D eigenvalue weighted by molar-refractivity contribution is 0.0950. The third kappa shape index (κ3) is 3.67. The number of hydrogen-bond donors (Lipinski definition) is 2. The highest BCUT2D eigenvalue weighted by Crippen LogP contribution is 2.23. The number of imidazole rings is 1. The van der Waals surface area contributed by atoms with Gasteiger partial charge in [0.05, 0.1) is 29.4 Å². The molecule has 7 nitrogen and oxygen atoms in total. The fourth-order valence-electron chi connectivity index (χ4n) is 2.94. The number of nitrogens with one attached hydrogen (secondary N) is 2. The normalized spacial score (nSPS) is 11.6. The molecule has 0 aliphatic rings. The molecule has 0 radical (unpaired) electrons. The van der Waals surface area contributed by atoms with Crippen molar-refractivity contribution in [1.29, 1.82) is 0 Å². The quantitative estimate of drug-likeness (QED) is 0.544. The number of carbonyl (C=O) groups excluding carboxylic acids is 1. The van der Waals surface area contributed by atoms with Gasteiger partial charge in [-0.05, 0) is 29.3 Å². The zero-order chi connectivity index (χ0) is 19.7. The maximum absolute atomic E-state index is 12.3. The van der Waals surface area contributed by atoms with Crippen LogP contribution < -0.4 is 5.32 Å². The molecule has 2 aromatic heterocycles. The number of aromatic amines is 1. The van der Waals surface area contributed by atoms with Gasteiger partial charge in [0.1, 0.15) is 5.82 Å². The first-order chi connectivity index (χ1) is 13.4. The molecular weight excluding hydrogens is 376 g/mol. The van der Waals surface area contributed by atoms with Crippen LogP contribution in [0.1, 0.15) is 16.2 Å². The van der Waals surface area contributed by atoms with Gasteiger partial charge in [0, 0.05) is 12.4 Å². The fourth-order valence-corrected chi connectivity index (χ4v) is 3.53. The van der Waals surface area contributed by atoms with Gasteiger partial charge in [-0.3, -0.25) is 8.77 Å². The van der Waals surface area contributed by atoms with Crippen LogP contribution in [-0.2, 0) is 16.6 Å². The number of hydrogen-bond acceptors (Lipinski definition) is 4. The van der Waals surface area contributed by atoms with E-state index in [1.165, 1.54) is 18.5 Å². The number of carbonyl (C=O) groups is 1. The van der Waals surface area contributed by atoms with E-state index in [0.29, 0.717) is 5.82 Å². The Kier molecular flexibility index (Phi) is 4.48. The summed E-state index contributed by atoms with van der Waals surface area (Å²) in [5.41, 5.74) is 4.16. The molecule has 0 aliphatic carbocycles. The molecule has 0 saturated heterocycles. The summed E-state index contributed by atoms with van der Waals surface area (Å²) in [6.07, 6.45) is 3.71. The maximum atomic E-state index is 12.3. The molecule has 4 aromatic rings. The molecule has 0 aliphatic heterocycles. The van der Waals surface area contributed by atoms with Crippen molar-refractivity contribution in [3.05, 3.63) is 78.4 Å². The van der Waals surface area contributed by atoms with Crippen LogP contribution in [0.2, 0.25) is 0 Å². The van der Waals surface area contributed by atoms with Crippen LogP contribution >= 0.6 is 0 Å². The summed E-state index contributed by atoms with van der Waals surface area (Å²) in [5.74, 6) is 0.254.